The Hall–Kier alpha value is -2.71. The smallest absolute Gasteiger partial charge is 0.200 e. The molecule has 8 heteroatoms. The lowest BCUT2D eigenvalue weighted by Crippen LogP contribution is -2.21. The van der Waals surface area contributed by atoms with Crippen LogP contribution in [0.2, 0.25) is 0 Å². The number of nitrogens with zero attached hydrogens (tertiary/aromatic N) is 3. The molecule has 0 bridgehead atoms. The summed E-state index contributed by atoms with van der Waals surface area (Å²) in [5.41, 5.74) is 1.03. The van der Waals surface area contributed by atoms with Crippen LogP contribution in [-0.2, 0) is 0 Å². The molecule has 2 aromatic heterocycles. The van der Waals surface area contributed by atoms with Crippen LogP contribution >= 0.6 is 11.8 Å². The van der Waals surface area contributed by atoms with Crippen molar-refractivity contribution >= 4 is 17.8 Å². The van der Waals surface area contributed by atoms with Gasteiger partial charge in [-0.3, -0.25) is 4.57 Å². The van der Waals surface area contributed by atoms with E-state index in [1.165, 1.54) is 31.0 Å². The standard InChI is InChI=1S/C25H31N3O4S/c1-3-8-18-12-13-21(23(15-18)30-2)32-16-20(29)17-33-25-27-26-24(22-11-7-14-31-22)28(25)19-9-5-4-6-10-19/h3,7-8,11-15,19-20,29H,4-6,9-10,16-17H2,1-2H3/b8-3+. The minimum Gasteiger partial charge on any atom is -0.493 e. The second kappa shape index (κ2) is 11.4. The van der Waals surface area contributed by atoms with E-state index in [0.717, 1.165) is 35.1 Å². The summed E-state index contributed by atoms with van der Waals surface area (Å²) in [5, 5.41) is 20.2. The second-order valence-corrected chi connectivity index (χ2v) is 9.12. The predicted octanol–water partition coefficient (Wildman–Crippen LogP) is 5.62. The molecule has 2 heterocycles. The van der Waals surface area contributed by atoms with Gasteiger partial charge in [0.25, 0.3) is 0 Å². The van der Waals surface area contributed by atoms with Crippen LogP contribution in [0.15, 0.2) is 52.2 Å². The van der Waals surface area contributed by atoms with Gasteiger partial charge in [0.05, 0.1) is 19.5 Å². The Balaban J connectivity index is 1.41. The third-order valence-corrected chi connectivity index (χ3v) is 6.82. The molecule has 1 saturated carbocycles. The number of benzene rings is 1. The molecule has 7 nitrogen and oxygen atoms in total. The minimum absolute atomic E-state index is 0.162. The molecule has 1 aliphatic carbocycles. The summed E-state index contributed by atoms with van der Waals surface area (Å²) in [6.45, 7) is 2.13. The molecule has 0 radical (unpaired) electrons. The van der Waals surface area contributed by atoms with Crippen LogP contribution in [0.1, 0.15) is 50.6 Å². The zero-order valence-electron chi connectivity index (χ0n) is 19.1. The zero-order chi connectivity index (χ0) is 23.0. The van der Waals surface area contributed by atoms with Gasteiger partial charge in [-0.2, -0.15) is 0 Å². The number of furan rings is 1. The Morgan fingerprint density at radius 3 is 2.79 bits per heavy atom. The first kappa shape index (κ1) is 23.4. The van der Waals surface area contributed by atoms with Crippen LogP contribution in [-0.4, -0.2) is 45.4 Å². The number of aliphatic hydroxyl groups excluding tert-OH is 1. The SMILES string of the molecule is C/C=C/c1ccc(OCC(O)CSc2nnc(-c3ccco3)n2C2CCCCC2)c(OC)c1. The summed E-state index contributed by atoms with van der Waals surface area (Å²) in [6.07, 6.45) is 10.8. The number of ether oxygens (including phenoxy) is 2. The topological polar surface area (TPSA) is 82.5 Å². The lowest BCUT2D eigenvalue weighted by Gasteiger charge is -2.25. The van der Waals surface area contributed by atoms with Crippen LogP contribution < -0.4 is 9.47 Å². The van der Waals surface area contributed by atoms with E-state index in [9.17, 15) is 5.11 Å². The molecule has 1 N–H and O–H groups in total. The number of aromatic nitrogens is 3. The van der Waals surface area contributed by atoms with E-state index in [1.54, 1.807) is 13.4 Å². The molecule has 176 valence electrons. The van der Waals surface area contributed by atoms with Gasteiger partial charge in [-0.1, -0.05) is 49.2 Å². The van der Waals surface area contributed by atoms with Crippen LogP contribution in [0.25, 0.3) is 17.7 Å². The van der Waals surface area contributed by atoms with Crippen molar-refractivity contribution in [1.82, 2.24) is 14.8 Å². The molecule has 33 heavy (non-hydrogen) atoms. The molecule has 1 unspecified atom stereocenters. The summed E-state index contributed by atoms with van der Waals surface area (Å²) in [6, 6.07) is 9.87. The lowest BCUT2D eigenvalue weighted by atomic mass is 9.95. The van der Waals surface area contributed by atoms with E-state index >= 15 is 0 Å². The summed E-state index contributed by atoms with van der Waals surface area (Å²) in [5.74, 6) is 3.18. The molecule has 0 spiro atoms. The van der Waals surface area contributed by atoms with Crippen molar-refractivity contribution in [2.75, 3.05) is 19.5 Å². The first-order valence-corrected chi connectivity index (χ1v) is 12.4. The second-order valence-electron chi connectivity index (χ2n) is 8.13. The molecule has 0 aliphatic heterocycles. The van der Waals surface area contributed by atoms with Gasteiger partial charge in [-0.15, -0.1) is 10.2 Å². The quantitative estimate of drug-likeness (QED) is 0.386. The Kier molecular flexibility index (Phi) is 8.12. The van der Waals surface area contributed by atoms with E-state index in [0.29, 0.717) is 23.3 Å². The number of hydrogen-bond acceptors (Lipinski definition) is 7. The summed E-state index contributed by atoms with van der Waals surface area (Å²) in [7, 11) is 1.61. The number of aliphatic hydroxyl groups is 1. The van der Waals surface area contributed by atoms with Crippen molar-refractivity contribution in [2.24, 2.45) is 0 Å². The molecule has 1 aliphatic rings. The fraction of sp³-hybridized carbons (Fsp3) is 0.440. The zero-order valence-corrected chi connectivity index (χ0v) is 20.0. The molecule has 3 aromatic rings. The molecule has 0 amide bonds. The van der Waals surface area contributed by atoms with Crippen molar-refractivity contribution in [3.05, 3.63) is 48.2 Å². The molecular weight excluding hydrogens is 438 g/mol. The van der Waals surface area contributed by atoms with Gasteiger partial charge in [-0.25, -0.2) is 0 Å². The van der Waals surface area contributed by atoms with Crippen LogP contribution in [0.3, 0.4) is 0 Å². The third kappa shape index (κ3) is 5.81. The van der Waals surface area contributed by atoms with E-state index in [2.05, 4.69) is 14.8 Å². The summed E-state index contributed by atoms with van der Waals surface area (Å²) in [4.78, 5) is 0. The van der Waals surface area contributed by atoms with Crippen LogP contribution in [0.5, 0.6) is 11.5 Å². The van der Waals surface area contributed by atoms with E-state index in [1.807, 2.05) is 49.4 Å². The van der Waals surface area contributed by atoms with Crippen LogP contribution in [0.4, 0.5) is 0 Å². The van der Waals surface area contributed by atoms with Crippen molar-refractivity contribution in [2.45, 2.75) is 56.3 Å². The molecule has 4 rings (SSSR count). The molecule has 0 saturated heterocycles. The summed E-state index contributed by atoms with van der Waals surface area (Å²) < 4.78 is 19.1. The minimum atomic E-state index is -0.668. The highest BCUT2D eigenvalue weighted by atomic mass is 32.2. The van der Waals surface area contributed by atoms with Crippen molar-refractivity contribution in [3.63, 3.8) is 0 Å². The van der Waals surface area contributed by atoms with Gasteiger partial charge < -0.3 is 19.0 Å². The predicted molar refractivity (Wildman–Crippen MR) is 130 cm³/mol. The number of thioether (sulfide) groups is 1. The lowest BCUT2D eigenvalue weighted by molar-refractivity contribution is 0.124. The molecular formula is C25H31N3O4S. The maximum Gasteiger partial charge on any atom is 0.200 e. The number of rotatable bonds is 10. The first-order valence-electron chi connectivity index (χ1n) is 11.4. The Bertz CT molecular complexity index is 1040. The highest BCUT2D eigenvalue weighted by molar-refractivity contribution is 7.99. The van der Waals surface area contributed by atoms with Gasteiger partial charge in [0, 0.05) is 11.8 Å². The van der Waals surface area contributed by atoms with Gasteiger partial charge in [0.2, 0.25) is 5.82 Å². The average molecular weight is 470 g/mol. The molecule has 1 atom stereocenters. The average Bonchev–Trinajstić information content (AvgIpc) is 3.52. The Labute approximate surface area is 198 Å². The van der Waals surface area contributed by atoms with Gasteiger partial charge in [0.15, 0.2) is 22.4 Å². The van der Waals surface area contributed by atoms with E-state index < -0.39 is 6.10 Å². The number of hydrogen-bond donors (Lipinski definition) is 1. The van der Waals surface area contributed by atoms with Crippen LogP contribution in [0, 0.1) is 0 Å². The van der Waals surface area contributed by atoms with Gasteiger partial charge in [-0.05, 0) is 49.6 Å². The first-order chi connectivity index (χ1) is 16.2. The van der Waals surface area contributed by atoms with E-state index in [-0.39, 0.29) is 6.61 Å². The van der Waals surface area contributed by atoms with Crippen molar-refractivity contribution < 1.29 is 19.0 Å². The van der Waals surface area contributed by atoms with Gasteiger partial charge in [0.1, 0.15) is 6.61 Å². The Morgan fingerprint density at radius 2 is 2.06 bits per heavy atom. The fourth-order valence-electron chi connectivity index (χ4n) is 4.12. The van der Waals surface area contributed by atoms with Gasteiger partial charge >= 0.3 is 0 Å². The monoisotopic (exact) mass is 469 g/mol. The fourth-order valence-corrected chi connectivity index (χ4v) is 5.03. The highest BCUT2D eigenvalue weighted by Crippen LogP contribution is 2.36. The maximum atomic E-state index is 10.6. The third-order valence-electron chi connectivity index (χ3n) is 5.73. The number of allylic oxidation sites excluding steroid dienone is 1. The normalized spacial score (nSPS) is 15.7. The Morgan fingerprint density at radius 1 is 1.21 bits per heavy atom. The van der Waals surface area contributed by atoms with Crippen molar-refractivity contribution in [3.8, 4) is 23.1 Å². The van der Waals surface area contributed by atoms with Crippen molar-refractivity contribution in [1.29, 1.82) is 0 Å². The summed E-state index contributed by atoms with van der Waals surface area (Å²) >= 11 is 1.50. The van der Waals surface area contributed by atoms with E-state index in [4.69, 9.17) is 13.9 Å². The largest absolute Gasteiger partial charge is 0.493 e. The number of methoxy groups -OCH3 is 1. The maximum absolute atomic E-state index is 10.6. The molecule has 1 fully saturated rings. The molecule has 1 aromatic carbocycles. The highest BCUT2D eigenvalue weighted by Gasteiger charge is 2.25.